The Morgan fingerprint density at radius 3 is 2.31 bits per heavy atom. The fourth-order valence-electron chi connectivity index (χ4n) is 4.22. The zero-order valence-electron chi connectivity index (χ0n) is 16.8. The number of hydrogen-bond donors (Lipinski definition) is 0. The highest BCUT2D eigenvalue weighted by atomic mass is 16.5. The van der Waals surface area contributed by atoms with Crippen LogP contribution in [0, 0.1) is 0 Å². The van der Waals surface area contributed by atoms with E-state index >= 15 is 0 Å². The fraction of sp³-hybridized carbons (Fsp3) is 0.391. The monoisotopic (exact) mass is 393 g/mol. The van der Waals surface area contributed by atoms with Crippen molar-refractivity contribution >= 4 is 23.2 Å². The van der Waals surface area contributed by atoms with Crippen LogP contribution in [-0.4, -0.2) is 56.5 Å². The summed E-state index contributed by atoms with van der Waals surface area (Å²) in [4.78, 5) is 31.4. The molecule has 0 bridgehead atoms. The lowest BCUT2D eigenvalue weighted by molar-refractivity contribution is -0.135. The molecular weight excluding hydrogens is 366 g/mol. The second-order valence-electron chi connectivity index (χ2n) is 7.49. The molecule has 0 radical (unpaired) electrons. The van der Waals surface area contributed by atoms with Gasteiger partial charge in [0.25, 0.3) is 0 Å². The average Bonchev–Trinajstić information content (AvgIpc) is 2.78. The summed E-state index contributed by atoms with van der Waals surface area (Å²) in [7, 11) is 1.67. The van der Waals surface area contributed by atoms with Gasteiger partial charge in [-0.25, -0.2) is 0 Å². The van der Waals surface area contributed by atoms with Crippen LogP contribution < -0.4 is 14.5 Å². The first kappa shape index (κ1) is 19.3. The van der Waals surface area contributed by atoms with E-state index in [4.69, 9.17) is 4.74 Å². The van der Waals surface area contributed by atoms with Crippen LogP contribution in [0.3, 0.4) is 0 Å². The summed E-state index contributed by atoms with van der Waals surface area (Å²) in [5.74, 6) is 0.651. The molecule has 2 aromatic carbocycles. The predicted molar refractivity (Wildman–Crippen MR) is 114 cm³/mol. The molecule has 1 saturated heterocycles. The number of piperazine rings is 1. The van der Waals surface area contributed by atoms with E-state index in [-0.39, 0.29) is 18.2 Å². The van der Waals surface area contributed by atoms with Gasteiger partial charge in [-0.1, -0.05) is 30.3 Å². The Balaban J connectivity index is 1.35. The lowest BCUT2D eigenvalue weighted by atomic mass is 10.0. The van der Waals surface area contributed by atoms with Crippen LogP contribution in [0.2, 0.25) is 0 Å². The maximum Gasteiger partial charge on any atom is 0.236 e. The van der Waals surface area contributed by atoms with Gasteiger partial charge in [0, 0.05) is 38.4 Å². The summed E-state index contributed by atoms with van der Waals surface area (Å²) in [6.07, 6.45) is 1.86. The highest BCUT2D eigenvalue weighted by Gasteiger charge is 2.28. The molecule has 2 aliphatic rings. The van der Waals surface area contributed by atoms with Crippen LogP contribution in [0.15, 0.2) is 48.5 Å². The van der Waals surface area contributed by atoms with Crippen LogP contribution in [0.5, 0.6) is 5.75 Å². The van der Waals surface area contributed by atoms with E-state index in [9.17, 15) is 9.59 Å². The van der Waals surface area contributed by atoms with Gasteiger partial charge in [0.05, 0.1) is 12.8 Å². The number of methoxy groups -OCH3 is 1. The number of fused-ring (bicyclic) bond motifs is 1. The summed E-state index contributed by atoms with van der Waals surface area (Å²) in [6.45, 7) is 3.37. The van der Waals surface area contributed by atoms with Crippen LogP contribution in [0.4, 0.5) is 11.4 Å². The first-order valence-corrected chi connectivity index (χ1v) is 10.2. The van der Waals surface area contributed by atoms with Gasteiger partial charge in [-0.05, 0) is 36.6 Å². The van der Waals surface area contributed by atoms with Crippen LogP contribution in [0.1, 0.15) is 18.4 Å². The van der Waals surface area contributed by atoms with Crippen molar-refractivity contribution in [2.24, 2.45) is 0 Å². The molecule has 2 aliphatic heterocycles. The number of ether oxygens (including phenoxy) is 1. The molecular formula is C23H27N3O3. The first-order chi connectivity index (χ1) is 14.2. The Kier molecular flexibility index (Phi) is 5.69. The third-order valence-electron chi connectivity index (χ3n) is 5.77. The third kappa shape index (κ3) is 4.06. The third-order valence-corrected chi connectivity index (χ3v) is 5.77. The van der Waals surface area contributed by atoms with Crippen molar-refractivity contribution in [3.05, 3.63) is 54.1 Å². The van der Waals surface area contributed by atoms with Gasteiger partial charge in [-0.15, -0.1) is 0 Å². The number of aryl methyl sites for hydroxylation is 1. The number of rotatable bonds is 4. The van der Waals surface area contributed by atoms with Gasteiger partial charge in [0.1, 0.15) is 12.2 Å². The van der Waals surface area contributed by atoms with E-state index in [2.05, 4.69) is 11.0 Å². The fourth-order valence-corrected chi connectivity index (χ4v) is 4.22. The second-order valence-corrected chi connectivity index (χ2v) is 7.49. The molecule has 2 amide bonds. The van der Waals surface area contributed by atoms with Crippen molar-refractivity contribution in [3.63, 3.8) is 0 Å². The maximum atomic E-state index is 12.8. The summed E-state index contributed by atoms with van der Waals surface area (Å²) in [5.41, 5.74) is 3.19. The summed E-state index contributed by atoms with van der Waals surface area (Å²) in [5, 5.41) is 0. The van der Waals surface area contributed by atoms with E-state index in [0.29, 0.717) is 19.6 Å². The Morgan fingerprint density at radius 1 is 0.862 bits per heavy atom. The summed E-state index contributed by atoms with van der Waals surface area (Å²) in [6, 6.07) is 15.9. The largest absolute Gasteiger partial charge is 0.495 e. The molecule has 4 rings (SSSR count). The molecule has 29 heavy (non-hydrogen) atoms. The highest BCUT2D eigenvalue weighted by molar-refractivity contribution is 6.05. The van der Waals surface area contributed by atoms with Crippen molar-refractivity contribution in [3.8, 4) is 5.75 Å². The average molecular weight is 393 g/mol. The Bertz CT molecular complexity index is 890. The van der Waals surface area contributed by atoms with Crippen LogP contribution >= 0.6 is 0 Å². The molecule has 0 aromatic heterocycles. The molecule has 6 heteroatoms. The number of para-hydroxylation sites is 3. The molecule has 0 unspecified atom stereocenters. The van der Waals surface area contributed by atoms with Crippen LogP contribution in [0.25, 0.3) is 0 Å². The maximum absolute atomic E-state index is 12.8. The normalized spacial score (nSPS) is 16.4. The molecule has 152 valence electrons. The highest BCUT2D eigenvalue weighted by Crippen LogP contribution is 2.29. The molecule has 0 atom stereocenters. The number of carbonyl (C=O) groups is 2. The molecule has 0 aliphatic carbocycles. The summed E-state index contributed by atoms with van der Waals surface area (Å²) >= 11 is 0. The minimum atomic E-state index is -0.102. The van der Waals surface area contributed by atoms with E-state index in [1.54, 1.807) is 16.9 Å². The number of amides is 2. The number of benzene rings is 2. The molecule has 1 fully saturated rings. The number of carbonyl (C=O) groups excluding carboxylic acids is 2. The van der Waals surface area contributed by atoms with Crippen molar-refractivity contribution < 1.29 is 14.3 Å². The Hall–Kier alpha value is -3.02. The molecule has 0 N–H and O–H groups in total. The Morgan fingerprint density at radius 2 is 1.55 bits per heavy atom. The molecule has 6 nitrogen and oxygen atoms in total. The second kappa shape index (κ2) is 8.55. The first-order valence-electron chi connectivity index (χ1n) is 10.2. The number of hydrogen-bond acceptors (Lipinski definition) is 4. The Labute approximate surface area is 171 Å². The minimum absolute atomic E-state index is 0.0665. The van der Waals surface area contributed by atoms with Gasteiger partial charge in [0.15, 0.2) is 0 Å². The standard InChI is InChI=1S/C23H27N3O3/c1-29-21-11-5-4-10-20(21)24-13-15-25(16-14-24)22(27)17-23(28)26-12-6-8-18-7-2-3-9-19(18)26/h2-5,7,9-11H,6,8,12-17H2,1H3. The van der Waals surface area contributed by atoms with E-state index in [0.717, 1.165) is 43.1 Å². The lowest BCUT2D eigenvalue weighted by Gasteiger charge is -2.37. The van der Waals surface area contributed by atoms with E-state index in [1.165, 1.54) is 5.56 Å². The SMILES string of the molecule is COc1ccccc1N1CCN(C(=O)CC(=O)N2CCCc3ccccc32)CC1. The van der Waals surface area contributed by atoms with Gasteiger partial charge in [-0.3, -0.25) is 9.59 Å². The van der Waals surface area contributed by atoms with Crippen molar-refractivity contribution in [2.75, 3.05) is 49.6 Å². The molecule has 2 aromatic rings. The van der Waals surface area contributed by atoms with Crippen molar-refractivity contribution in [1.82, 2.24) is 4.90 Å². The van der Waals surface area contributed by atoms with Crippen molar-refractivity contribution in [1.29, 1.82) is 0 Å². The minimum Gasteiger partial charge on any atom is -0.495 e. The topological polar surface area (TPSA) is 53.1 Å². The van der Waals surface area contributed by atoms with Crippen molar-refractivity contribution in [2.45, 2.75) is 19.3 Å². The summed E-state index contributed by atoms with van der Waals surface area (Å²) < 4.78 is 5.45. The molecule has 0 saturated carbocycles. The zero-order valence-corrected chi connectivity index (χ0v) is 16.8. The molecule has 0 spiro atoms. The predicted octanol–water partition coefficient (Wildman–Crippen LogP) is 2.71. The van der Waals surface area contributed by atoms with Gasteiger partial charge < -0.3 is 19.4 Å². The van der Waals surface area contributed by atoms with Gasteiger partial charge in [-0.2, -0.15) is 0 Å². The number of nitrogens with zero attached hydrogens (tertiary/aromatic N) is 3. The zero-order chi connectivity index (χ0) is 20.2. The van der Waals surface area contributed by atoms with E-state index < -0.39 is 0 Å². The number of anilines is 2. The smallest absolute Gasteiger partial charge is 0.236 e. The van der Waals surface area contributed by atoms with Gasteiger partial charge >= 0.3 is 0 Å². The van der Waals surface area contributed by atoms with Gasteiger partial charge in [0.2, 0.25) is 11.8 Å². The molecule has 2 heterocycles. The van der Waals surface area contributed by atoms with Crippen LogP contribution in [-0.2, 0) is 16.0 Å². The quantitative estimate of drug-likeness (QED) is 0.750. The van der Waals surface area contributed by atoms with E-state index in [1.807, 2.05) is 42.5 Å². The lowest BCUT2D eigenvalue weighted by Crippen LogP contribution is -2.50.